The molecule has 2 aromatic rings. The third kappa shape index (κ3) is 3.98. The Morgan fingerprint density at radius 2 is 2.19 bits per heavy atom. The van der Waals surface area contributed by atoms with Gasteiger partial charge in [0.15, 0.2) is 5.82 Å². The van der Waals surface area contributed by atoms with Gasteiger partial charge in [-0.2, -0.15) is 0 Å². The summed E-state index contributed by atoms with van der Waals surface area (Å²) in [6, 6.07) is 3.63. The maximum Gasteiger partial charge on any atom is 0.256 e. The summed E-state index contributed by atoms with van der Waals surface area (Å²) in [5.74, 6) is 0.404. The summed E-state index contributed by atoms with van der Waals surface area (Å²) in [6.07, 6.45) is 7.94. The zero-order valence-corrected chi connectivity index (χ0v) is 12.0. The van der Waals surface area contributed by atoms with E-state index in [1.165, 1.54) is 6.20 Å². The average Bonchev–Trinajstić information content (AvgIpc) is 2.52. The maximum atomic E-state index is 12.0. The highest BCUT2D eigenvalue weighted by molar-refractivity contribution is 5.98. The van der Waals surface area contributed by atoms with E-state index in [2.05, 4.69) is 27.2 Å². The fourth-order valence-electron chi connectivity index (χ4n) is 1.88. The molecule has 6 heteroatoms. The number of aromatic nitrogens is 3. The van der Waals surface area contributed by atoms with E-state index < -0.39 is 0 Å². The highest BCUT2D eigenvalue weighted by atomic mass is 16.1. The Morgan fingerprint density at radius 1 is 1.33 bits per heavy atom. The van der Waals surface area contributed by atoms with E-state index in [4.69, 9.17) is 5.73 Å². The molecule has 0 saturated carbocycles. The second-order valence-corrected chi connectivity index (χ2v) is 4.70. The zero-order valence-electron chi connectivity index (χ0n) is 12.0. The number of nitrogens with two attached hydrogens (primary N) is 1. The van der Waals surface area contributed by atoms with Crippen LogP contribution in [0.4, 0.5) is 5.82 Å². The minimum Gasteiger partial charge on any atom is -0.383 e. The molecule has 2 heterocycles. The third-order valence-corrected chi connectivity index (χ3v) is 3.05. The zero-order chi connectivity index (χ0) is 15.1. The van der Waals surface area contributed by atoms with E-state index in [1.807, 2.05) is 6.07 Å². The number of amides is 1. The molecule has 6 nitrogen and oxygen atoms in total. The molecule has 2 aromatic heterocycles. The maximum absolute atomic E-state index is 12.0. The van der Waals surface area contributed by atoms with Crippen molar-refractivity contribution >= 4 is 11.7 Å². The van der Waals surface area contributed by atoms with Crippen LogP contribution >= 0.6 is 0 Å². The number of hydrogen-bond donors (Lipinski definition) is 2. The average molecular weight is 285 g/mol. The van der Waals surface area contributed by atoms with E-state index in [9.17, 15) is 4.79 Å². The molecule has 0 aromatic carbocycles. The lowest BCUT2D eigenvalue weighted by molar-refractivity contribution is 0.0953. The van der Waals surface area contributed by atoms with Crippen molar-refractivity contribution in [3.8, 4) is 11.4 Å². The smallest absolute Gasteiger partial charge is 0.256 e. The van der Waals surface area contributed by atoms with Crippen molar-refractivity contribution in [3.05, 3.63) is 36.3 Å². The van der Waals surface area contributed by atoms with Crippen LogP contribution in [0.5, 0.6) is 0 Å². The lowest BCUT2D eigenvalue weighted by atomic mass is 10.2. The number of rotatable bonds is 6. The van der Waals surface area contributed by atoms with Gasteiger partial charge in [0.2, 0.25) is 0 Å². The molecule has 0 fully saturated rings. The summed E-state index contributed by atoms with van der Waals surface area (Å²) in [5.41, 5.74) is 6.93. The lowest BCUT2D eigenvalue weighted by Gasteiger charge is -2.07. The largest absolute Gasteiger partial charge is 0.383 e. The first-order valence-corrected chi connectivity index (χ1v) is 7.03. The molecule has 1 amide bonds. The van der Waals surface area contributed by atoms with E-state index in [0.29, 0.717) is 17.9 Å². The normalized spacial score (nSPS) is 10.3. The highest BCUT2D eigenvalue weighted by Crippen LogP contribution is 2.16. The molecule has 0 spiro atoms. The molecule has 0 aliphatic carbocycles. The molecule has 110 valence electrons. The van der Waals surface area contributed by atoms with Gasteiger partial charge in [-0.3, -0.25) is 9.78 Å². The van der Waals surface area contributed by atoms with Crippen LogP contribution in [-0.4, -0.2) is 27.4 Å². The first kappa shape index (κ1) is 14.9. The van der Waals surface area contributed by atoms with E-state index in [-0.39, 0.29) is 11.7 Å². The van der Waals surface area contributed by atoms with Gasteiger partial charge in [-0.15, -0.1) is 0 Å². The van der Waals surface area contributed by atoms with Gasteiger partial charge in [0, 0.05) is 30.7 Å². The molecule has 21 heavy (non-hydrogen) atoms. The standard InChI is InChI=1S/C15H19N5O/c1-2-3-4-8-18-15(21)12-10-19-14(20-13(12)16)11-6-5-7-17-9-11/h5-7,9-10H,2-4,8H2,1H3,(H,18,21)(H2,16,19,20). The number of unbranched alkanes of at least 4 members (excludes halogenated alkanes) is 2. The predicted molar refractivity (Wildman–Crippen MR) is 81.5 cm³/mol. The minimum absolute atomic E-state index is 0.178. The van der Waals surface area contributed by atoms with Crippen LogP contribution in [0.25, 0.3) is 11.4 Å². The third-order valence-electron chi connectivity index (χ3n) is 3.05. The Balaban J connectivity index is 2.07. The number of carbonyl (C=O) groups is 1. The van der Waals surface area contributed by atoms with Gasteiger partial charge in [-0.25, -0.2) is 9.97 Å². The molecule has 0 atom stereocenters. The molecule has 0 unspecified atom stereocenters. The van der Waals surface area contributed by atoms with Crippen LogP contribution in [0.3, 0.4) is 0 Å². The molecule has 3 N–H and O–H groups in total. The Hall–Kier alpha value is -2.50. The van der Waals surface area contributed by atoms with Crippen molar-refractivity contribution in [1.82, 2.24) is 20.3 Å². The fourth-order valence-corrected chi connectivity index (χ4v) is 1.88. The number of pyridine rings is 1. The summed E-state index contributed by atoms with van der Waals surface area (Å²) in [4.78, 5) is 24.4. The van der Waals surface area contributed by atoms with Gasteiger partial charge in [0.05, 0.1) is 5.56 Å². The van der Waals surface area contributed by atoms with Crippen molar-refractivity contribution in [3.63, 3.8) is 0 Å². The summed E-state index contributed by atoms with van der Waals surface area (Å²) in [5, 5.41) is 2.82. The van der Waals surface area contributed by atoms with Gasteiger partial charge in [0.25, 0.3) is 5.91 Å². The Kier molecular flexibility index (Phi) is 5.20. The van der Waals surface area contributed by atoms with Gasteiger partial charge >= 0.3 is 0 Å². The summed E-state index contributed by atoms with van der Waals surface area (Å²) >= 11 is 0. The van der Waals surface area contributed by atoms with Crippen LogP contribution in [0, 0.1) is 0 Å². The SMILES string of the molecule is CCCCCNC(=O)c1cnc(-c2cccnc2)nc1N. The van der Waals surface area contributed by atoms with Gasteiger partial charge in [0.1, 0.15) is 5.82 Å². The second-order valence-electron chi connectivity index (χ2n) is 4.70. The molecule has 2 rings (SSSR count). The molecular formula is C15H19N5O. The monoisotopic (exact) mass is 285 g/mol. The van der Waals surface area contributed by atoms with Crippen molar-refractivity contribution in [2.75, 3.05) is 12.3 Å². The number of carbonyl (C=O) groups excluding carboxylic acids is 1. The number of hydrogen-bond acceptors (Lipinski definition) is 5. The number of anilines is 1. The first-order chi connectivity index (χ1) is 10.2. The van der Waals surface area contributed by atoms with Crippen LogP contribution in [0.1, 0.15) is 36.5 Å². The Labute approximate surface area is 123 Å². The van der Waals surface area contributed by atoms with Crippen molar-refractivity contribution in [2.24, 2.45) is 0 Å². The molecule has 0 saturated heterocycles. The molecule has 0 bridgehead atoms. The minimum atomic E-state index is -0.235. The molecule has 0 aliphatic heterocycles. The van der Waals surface area contributed by atoms with Crippen molar-refractivity contribution in [2.45, 2.75) is 26.2 Å². The first-order valence-electron chi connectivity index (χ1n) is 7.03. The van der Waals surface area contributed by atoms with Crippen LogP contribution < -0.4 is 11.1 Å². The molecular weight excluding hydrogens is 266 g/mol. The van der Waals surface area contributed by atoms with Crippen LogP contribution in [0.2, 0.25) is 0 Å². The van der Waals surface area contributed by atoms with Crippen LogP contribution in [-0.2, 0) is 0 Å². The number of nitrogens with one attached hydrogen (secondary N) is 1. The summed E-state index contributed by atoms with van der Waals surface area (Å²) < 4.78 is 0. The van der Waals surface area contributed by atoms with Gasteiger partial charge in [-0.1, -0.05) is 19.8 Å². The number of nitrogen functional groups attached to an aromatic ring is 1. The molecule has 0 aliphatic rings. The van der Waals surface area contributed by atoms with Gasteiger partial charge < -0.3 is 11.1 Å². The topological polar surface area (TPSA) is 93.8 Å². The van der Waals surface area contributed by atoms with Gasteiger partial charge in [-0.05, 0) is 18.6 Å². The predicted octanol–water partition coefficient (Wildman–Crippen LogP) is 2.04. The Morgan fingerprint density at radius 3 is 2.86 bits per heavy atom. The number of nitrogens with zero attached hydrogens (tertiary/aromatic N) is 3. The van der Waals surface area contributed by atoms with Crippen LogP contribution in [0.15, 0.2) is 30.7 Å². The van der Waals surface area contributed by atoms with E-state index >= 15 is 0 Å². The van der Waals surface area contributed by atoms with Crippen molar-refractivity contribution < 1.29 is 4.79 Å². The molecule has 0 radical (unpaired) electrons. The van der Waals surface area contributed by atoms with E-state index in [1.54, 1.807) is 18.5 Å². The lowest BCUT2D eigenvalue weighted by Crippen LogP contribution is -2.26. The van der Waals surface area contributed by atoms with E-state index in [0.717, 1.165) is 24.8 Å². The quantitative estimate of drug-likeness (QED) is 0.792. The summed E-state index contributed by atoms with van der Waals surface area (Å²) in [7, 11) is 0. The summed E-state index contributed by atoms with van der Waals surface area (Å²) in [6.45, 7) is 2.75. The second kappa shape index (κ2) is 7.33. The van der Waals surface area contributed by atoms with Crippen molar-refractivity contribution in [1.29, 1.82) is 0 Å². The highest BCUT2D eigenvalue weighted by Gasteiger charge is 2.12. The Bertz CT molecular complexity index is 600. The fraction of sp³-hybridized carbons (Fsp3) is 0.333.